The fraction of sp³-hybridized carbons (Fsp3) is 0.143. The van der Waals surface area contributed by atoms with Gasteiger partial charge in [-0.15, -0.1) is 0 Å². The molecule has 0 fully saturated rings. The third-order valence-corrected chi connectivity index (χ3v) is 4.61. The molecule has 5 nitrogen and oxygen atoms in total. The SMILES string of the molecule is Cc1ccc(S(=O)Cc2cc(Cl)ccc2[N+](=O)[O-])c(N)c1. The Balaban J connectivity index is 2.35. The zero-order valence-electron chi connectivity index (χ0n) is 11.2. The molecule has 0 aliphatic rings. The summed E-state index contributed by atoms with van der Waals surface area (Å²) in [5, 5.41) is 11.4. The van der Waals surface area contributed by atoms with Crippen LogP contribution in [0.4, 0.5) is 11.4 Å². The molecule has 0 aliphatic heterocycles. The molecule has 2 rings (SSSR count). The van der Waals surface area contributed by atoms with Crippen LogP contribution in [0.1, 0.15) is 11.1 Å². The van der Waals surface area contributed by atoms with E-state index in [2.05, 4.69) is 0 Å². The van der Waals surface area contributed by atoms with E-state index in [0.717, 1.165) is 5.56 Å². The van der Waals surface area contributed by atoms with Gasteiger partial charge < -0.3 is 5.73 Å². The highest BCUT2D eigenvalue weighted by molar-refractivity contribution is 7.84. The van der Waals surface area contributed by atoms with Crippen LogP contribution in [-0.4, -0.2) is 9.13 Å². The normalized spacial score (nSPS) is 12.1. The number of rotatable bonds is 4. The lowest BCUT2D eigenvalue weighted by Gasteiger charge is -2.07. The van der Waals surface area contributed by atoms with Gasteiger partial charge in [-0.2, -0.15) is 0 Å². The smallest absolute Gasteiger partial charge is 0.273 e. The first kappa shape index (κ1) is 15.5. The molecule has 110 valence electrons. The lowest BCUT2D eigenvalue weighted by molar-refractivity contribution is -0.385. The molecular formula is C14H13ClN2O3S. The summed E-state index contributed by atoms with van der Waals surface area (Å²) < 4.78 is 12.4. The zero-order valence-corrected chi connectivity index (χ0v) is 12.8. The number of anilines is 1. The highest BCUT2D eigenvalue weighted by Gasteiger charge is 2.18. The molecule has 1 unspecified atom stereocenters. The number of nitrogens with zero attached hydrogens (tertiary/aromatic N) is 1. The second kappa shape index (κ2) is 6.24. The molecule has 0 radical (unpaired) electrons. The molecule has 0 aromatic heterocycles. The summed E-state index contributed by atoms with van der Waals surface area (Å²) in [5.41, 5.74) is 7.45. The number of nitrogen functional groups attached to an aromatic ring is 1. The monoisotopic (exact) mass is 324 g/mol. The minimum absolute atomic E-state index is 0.00979. The summed E-state index contributed by atoms with van der Waals surface area (Å²) in [6.45, 7) is 1.88. The average molecular weight is 325 g/mol. The maximum atomic E-state index is 12.4. The zero-order chi connectivity index (χ0) is 15.6. The van der Waals surface area contributed by atoms with Crippen LogP contribution >= 0.6 is 11.6 Å². The number of hydrogen-bond donors (Lipinski definition) is 1. The maximum absolute atomic E-state index is 12.4. The topological polar surface area (TPSA) is 86.2 Å². The average Bonchev–Trinajstić information content (AvgIpc) is 2.37. The number of nitro benzene ring substituents is 1. The number of nitro groups is 1. The quantitative estimate of drug-likeness (QED) is 0.530. The van der Waals surface area contributed by atoms with Crippen molar-refractivity contribution in [3.8, 4) is 0 Å². The van der Waals surface area contributed by atoms with Gasteiger partial charge in [0.15, 0.2) is 0 Å². The molecule has 0 bridgehead atoms. The molecule has 2 aromatic rings. The second-order valence-electron chi connectivity index (χ2n) is 4.56. The second-order valence-corrected chi connectivity index (χ2v) is 6.42. The van der Waals surface area contributed by atoms with Gasteiger partial charge in [0.25, 0.3) is 5.69 Å². The molecule has 7 heteroatoms. The van der Waals surface area contributed by atoms with E-state index < -0.39 is 15.7 Å². The Kier molecular flexibility index (Phi) is 4.59. The summed E-state index contributed by atoms with van der Waals surface area (Å²) >= 11 is 5.86. The Bertz CT molecular complexity index is 734. The molecule has 0 saturated heterocycles. The molecule has 2 aromatic carbocycles. The first-order valence-electron chi connectivity index (χ1n) is 6.06. The molecule has 0 amide bonds. The summed E-state index contributed by atoms with van der Waals surface area (Å²) in [4.78, 5) is 11.0. The van der Waals surface area contributed by atoms with Crippen molar-refractivity contribution in [2.75, 3.05) is 5.73 Å². The van der Waals surface area contributed by atoms with Gasteiger partial charge in [0.2, 0.25) is 0 Å². The van der Waals surface area contributed by atoms with Crippen molar-refractivity contribution in [1.82, 2.24) is 0 Å². The van der Waals surface area contributed by atoms with Crippen molar-refractivity contribution in [3.63, 3.8) is 0 Å². The number of nitrogens with two attached hydrogens (primary N) is 1. The molecular weight excluding hydrogens is 312 g/mol. The van der Waals surface area contributed by atoms with Gasteiger partial charge in [0.05, 0.1) is 26.4 Å². The van der Waals surface area contributed by atoms with Crippen LogP contribution < -0.4 is 5.73 Å². The number of halogens is 1. The number of benzene rings is 2. The van der Waals surface area contributed by atoms with E-state index in [1.54, 1.807) is 18.2 Å². The largest absolute Gasteiger partial charge is 0.398 e. The number of aryl methyl sites for hydroxylation is 1. The Morgan fingerprint density at radius 3 is 2.62 bits per heavy atom. The van der Waals surface area contributed by atoms with Crippen LogP contribution in [0, 0.1) is 17.0 Å². The van der Waals surface area contributed by atoms with Crippen LogP contribution in [0.15, 0.2) is 41.3 Å². The van der Waals surface area contributed by atoms with Crippen LogP contribution in [0.5, 0.6) is 0 Å². The van der Waals surface area contributed by atoms with E-state index in [0.29, 0.717) is 21.2 Å². The maximum Gasteiger partial charge on any atom is 0.273 e. The van der Waals surface area contributed by atoms with Gasteiger partial charge in [-0.25, -0.2) is 0 Å². The summed E-state index contributed by atoms with van der Waals surface area (Å²) in [7, 11) is -1.48. The summed E-state index contributed by atoms with van der Waals surface area (Å²) in [6, 6.07) is 9.41. The Morgan fingerprint density at radius 2 is 2.00 bits per heavy atom. The third-order valence-electron chi connectivity index (χ3n) is 2.94. The van der Waals surface area contributed by atoms with Crippen LogP contribution in [0.2, 0.25) is 5.02 Å². The summed E-state index contributed by atoms with van der Waals surface area (Å²) in [5.74, 6) is -0.00979. The third kappa shape index (κ3) is 3.59. The Morgan fingerprint density at radius 1 is 1.29 bits per heavy atom. The minimum atomic E-state index is -1.48. The minimum Gasteiger partial charge on any atom is -0.398 e. The molecule has 0 saturated carbocycles. The van der Waals surface area contributed by atoms with Gasteiger partial charge in [0, 0.05) is 22.3 Å². The van der Waals surface area contributed by atoms with Crippen molar-refractivity contribution in [2.24, 2.45) is 0 Å². The fourth-order valence-corrected chi connectivity index (χ4v) is 3.35. The van der Waals surface area contributed by atoms with Crippen molar-refractivity contribution >= 4 is 33.8 Å². The first-order chi connectivity index (χ1) is 9.88. The van der Waals surface area contributed by atoms with E-state index in [1.807, 2.05) is 6.92 Å². The van der Waals surface area contributed by atoms with Gasteiger partial charge in [-0.3, -0.25) is 14.3 Å². The van der Waals surface area contributed by atoms with Gasteiger partial charge >= 0.3 is 0 Å². The molecule has 0 aliphatic carbocycles. The van der Waals surface area contributed by atoms with Crippen LogP contribution in [0.3, 0.4) is 0 Å². The highest BCUT2D eigenvalue weighted by Crippen LogP contribution is 2.27. The Labute approximate surface area is 129 Å². The number of hydrogen-bond acceptors (Lipinski definition) is 4. The lowest BCUT2D eigenvalue weighted by Crippen LogP contribution is -2.03. The van der Waals surface area contributed by atoms with Crippen molar-refractivity contribution in [1.29, 1.82) is 0 Å². The van der Waals surface area contributed by atoms with E-state index in [-0.39, 0.29) is 11.4 Å². The van der Waals surface area contributed by atoms with Crippen LogP contribution in [0.25, 0.3) is 0 Å². The molecule has 21 heavy (non-hydrogen) atoms. The van der Waals surface area contributed by atoms with Crippen LogP contribution in [-0.2, 0) is 16.6 Å². The van der Waals surface area contributed by atoms with Crippen molar-refractivity contribution in [3.05, 3.63) is 62.7 Å². The van der Waals surface area contributed by atoms with Gasteiger partial charge in [-0.05, 0) is 36.8 Å². The van der Waals surface area contributed by atoms with E-state index >= 15 is 0 Å². The lowest BCUT2D eigenvalue weighted by atomic mass is 10.2. The Hall–Kier alpha value is -1.92. The molecule has 0 spiro atoms. The first-order valence-corrected chi connectivity index (χ1v) is 7.75. The van der Waals surface area contributed by atoms with E-state index in [9.17, 15) is 14.3 Å². The molecule has 2 N–H and O–H groups in total. The standard InChI is InChI=1S/C14H13ClN2O3S/c1-9-2-5-14(12(16)6-9)21(20)8-10-7-11(15)3-4-13(10)17(18)19/h2-7H,8,16H2,1H3. The van der Waals surface area contributed by atoms with Gasteiger partial charge in [0.1, 0.15) is 0 Å². The van der Waals surface area contributed by atoms with Crippen molar-refractivity contribution < 1.29 is 9.13 Å². The molecule has 1 atom stereocenters. The molecule has 0 heterocycles. The predicted octanol–water partition coefficient (Wildman–Crippen LogP) is 3.45. The van der Waals surface area contributed by atoms with E-state index in [4.69, 9.17) is 17.3 Å². The summed E-state index contributed by atoms with van der Waals surface area (Å²) in [6.07, 6.45) is 0. The van der Waals surface area contributed by atoms with E-state index in [1.165, 1.54) is 18.2 Å². The predicted molar refractivity (Wildman–Crippen MR) is 83.8 cm³/mol. The highest BCUT2D eigenvalue weighted by atomic mass is 35.5. The van der Waals surface area contributed by atoms with Gasteiger partial charge in [-0.1, -0.05) is 17.7 Å². The van der Waals surface area contributed by atoms with Crippen molar-refractivity contribution in [2.45, 2.75) is 17.6 Å². The fourth-order valence-electron chi connectivity index (χ4n) is 1.94.